The van der Waals surface area contributed by atoms with Gasteiger partial charge in [0.25, 0.3) is 0 Å². The summed E-state index contributed by atoms with van der Waals surface area (Å²) in [5.41, 5.74) is 3.05. The summed E-state index contributed by atoms with van der Waals surface area (Å²) in [6.07, 6.45) is 0.872. The first-order valence-electron chi connectivity index (χ1n) is 9.09. The van der Waals surface area contributed by atoms with Crippen LogP contribution in [0.4, 0.5) is 5.82 Å². The van der Waals surface area contributed by atoms with Crippen molar-refractivity contribution in [1.29, 1.82) is 0 Å². The number of imidazole rings is 1. The summed E-state index contributed by atoms with van der Waals surface area (Å²) < 4.78 is 8.69. The largest absolute Gasteiger partial charge is 0.378 e. The SMILES string of the molecule is CCc1nc2c(N3CCOCC3)nc(SCc3ccc(Br)cc3)nc2n1C. The van der Waals surface area contributed by atoms with Gasteiger partial charge in [0.1, 0.15) is 5.82 Å². The van der Waals surface area contributed by atoms with Crippen LogP contribution in [0.5, 0.6) is 0 Å². The molecule has 0 atom stereocenters. The summed E-state index contributed by atoms with van der Waals surface area (Å²) in [6, 6.07) is 8.37. The summed E-state index contributed by atoms with van der Waals surface area (Å²) in [5, 5.41) is 0.789. The number of aromatic nitrogens is 4. The number of hydrogen-bond acceptors (Lipinski definition) is 6. The maximum absolute atomic E-state index is 5.51. The van der Waals surface area contributed by atoms with Crippen molar-refractivity contribution < 1.29 is 4.74 Å². The van der Waals surface area contributed by atoms with E-state index in [1.807, 2.05) is 7.05 Å². The van der Waals surface area contributed by atoms with Crippen LogP contribution >= 0.6 is 27.7 Å². The number of hydrogen-bond donors (Lipinski definition) is 0. The molecule has 0 amide bonds. The first kappa shape index (κ1) is 18.7. The van der Waals surface area contributed by atoms with Gasteiger partial charge in [-0.2, -0.15) is 0 Å². The molecule has 0 unspecified atom stereocenters. The predicted octanol–water partition coefficient (Wildman–Crippen LogP) is 3.82. The molecule has 142 valence electrons. The summed E-state index contributed by atoms with van der Waals surface area (Å²) >= 11 is 5.14. The van der Waals surface area contributed by atoms with Gasteiger partial charge in [0.15, 0.2) is 22.1 Å². The average Bonchev–Trinajstić information content (AvgIpc) is 3.03. The molecule has 0 radical (unpaired) electrons. The number of fused-ring (bicyclic) bond motifs is 1. The Labute approximate surface area is 171 Å². The Balaban J connectivity index is 1.69. The van der Waals surface area contributed by atoms with Gasteiger partial charge >= 0.3 is 0 Å². The second-order valence-corrected chi connectivity index (χ2v) is 8.32. The van der Waals surface area contributed by atoms with Gasteiger partial charge in [-0.05, 0) is 17.7 Å². The predicted molar refractivity (Wildman–Crippen MR) is 112 cm³/mol. The van der Waals surface area contributed by atoms with E-state index in [0.29, 0.717) is 0 Å². The first-order chi connectivity index (χ1) is 13.2. The number of nitrogens with zero attached hydrogens (tertiary/aromatic N) is 5. The van der Waals surface area contributed by atoms with Crippen LogP contribution in [0.2, 0.25) is 0 Å². The number of benzene rings is 1. The van der Waals surface area contributed by atoms with Crippen LogP contribution < -0.4 is 4.90 Å². The van der Waals surface area contributed by atoms with Crippen molar-refractivity contribution in [2.24, 2.45) is 7.05 Å². The zero-order chi connectivity index (χ0) is 18.8. The van der Waals surface area contributed by atoms with Crippen molar-refractivity contribution in [3.63, 3.8) is 0 Å². The van der Waals surface area contributed by atoms with Crippen molar-refractivity contribution in [2.75, 3.05) is 31.2 Å². The molecular formula is C19H22BrN5OS. The van der Waals surface area contributed by atoms with E-state index in [-0.39, 0.29) is 0 Å². The molecule has 1 aliphatic rings. The molecule has 1 aromatic carbocycles. The van der Waals surface area contributed by atoms with E-state index < -0.39 is 0 Å². The second-order valence-electron chi connectivity index (χ2n) is 6.46. The van der Waals surface area contributed by atoms with Crippen LogP contribution in [0.3, 0.4) is 0 Å². The molecule has 6 nitrogen and oxygen atoms in total. The van der Waals surface area contributed by atoms with Crippen LogP contribution in [0.25, 0.3) is 11.2 Å². The fourth-order valence-corrected chi connectivity index (χ4v) is 4.23. The Kier molecular flexibility index (Phi) is 5.66. The Morgan fingerprint density at radius 3 is 2.56 bits per heavy atom. The van der Waals surface area contributed by atoms with E-state index >= 15 is 0 Å². The lowest BCUT2D eigenvalue weighted by molar-refractivity contribution is 0.122. The normalized spacial score (nSPS) is 14.9. The van der Waals surface area contributed by atoms with Crippen LogP contribution in [0.1, 0.15) is 18.3 Å². The maximum Gasteiger partial charge on any atom is 0.191 e. The highest BCUT2D eigenvalue weighted by Crippen LogP contribution is 2.29. The molecule has 0 bridgehead atoms. The Morgan fingerprint density at radius 2 is 1.85 bits per heavy atom. The monoisotopic (exact) mass is 447 g/mol. The van der Waals surface area contributed by atoms with E-state index in [4.69, 9.17) is 19.7 Å². The van der Waals surface area contributed by atoms with Gasteiger partial charge in [0.2, 0.25) is 0 Å². The summed E-state index contributed by atoms with van der Waals surface area (Å²) in [5.74, 6) is 2.79. The fourth-order valence-electron chi connectivity index (χ4n) is 3.18. The fraction of sp³-hybridized carbons (Fsp3) is 0.421. The van der Waals surface area contributed by atoms with Gasteiger partial charge in [-0.1, -0.05) is 46.7 Å². The van der Waals surface area contributed by atoms with Gasteiger partial charge in [-0.3, -0.25) is 0 Å². The lowest BCUT2D eigenvalue weighted by Crippen LogP contribution is -2.37. The average molecular weight is 448 g/mol. The summed E-state index contributed by atoms with van der Waals surface area (Å²) in [7, 11) is 2.04. The number of halogens is 1. The molecule has 2 aromatic heterocycles. The lowest BCUT2D eigenvalue weighted by Gasteiger charge is -2.28. The minimum Gasteiger partial charge on any atom is -0.378 e. The van der Waals surface area contributed by atoms with Crippen molar-refractivity contribution in [3.8, 4) is 0 Å². The molecule has 3 heterocycles. The molecule has 8 heteroatoms. The number of aryl methyl sites for hydroxylation is 2. The zero-order valence-electron chi connectivity index (χ0n) is 15.5. The van der Waals surface area contributed by atoms with Crippen molar-refractivity contribution in [2.45, 2.75) is 24.3 Å². The van der Waals surface area contributed by atoms with Gasteiger partial charge < -0.3 is 14.2 Å². The topological polar surface area (TPSA) is 56.1 Å². The highest BCUT2D eigenvalue weighted by Gasteiger charge is 2.21. The summed E-state index contributed by atoms with van der Waals surface area (Å²) in [6.45, 7) is 5.23. The highest BCUT2D eigenvalue weighted by atomic mass is 79.9. The Morgan fingerprint density at radius 1 is 1.11 bits per heavy atom. The maximum atomic E-state index is 5.51. The Hall–Kier alpha value is -1.64. The van der Waals surface area contributed by atoms with E-state index in [1.54, 1.807) is 11.8 Å². The molecule has 1 fully saturated rings. The summed E-state index contributed by atoms with van der Waals surface area (Å²) in [4.78, 5) is 16.8. The number of ether oxygens (including phenoxy) is 1. The molecule has 0 spiro atoms. The zero-order valence-corrected chi connectivity index (χ0v) is 17.9. The molecule has 1 aliphatic heterocycles. The quantitative estimate of drug-likeness (QED) is 0.437. The first-order valence-corrected chi connectivity index (χ1v) is 10.9. The minimum absolute atomic E-state index is 0.723. The molecular weight excluding hydrogens is 426 g/mol. The molecule has 3 aromatic rings. The number of thioether (sulfide) groups is 1. The number of rotatable bonds is 5. The second kappa shape index (κ2) is 8.16. The van der Waals surface area contributed by atoms with E-state index in [9.17, 15) is 0 Å². The lowest BCUT2D eigenvalue weighted by atomic mass is 10.2. The molecule has 1 saturated heterocycles. The van der Waals surface area contributed by atoms with Crippen LogP contribution in [-0.2, 0) is 24.0 Å². The van der Waals surface area contributed by atoms with Gasteiger partial charge in [0, 0.05) is 36.8 Å². The van der Waals surface area contributed by atoms with Crippen LogP contribution in [0.15, 0.2) is 33.9 Å². The van der Waals surface area contributed by atoms with Gasteiger partial charge in [0.05, 0.1) is 13.2 Å². The highest BCUT2D eigenvalue weighted by molar-refractivity contribution is 9.10. The standard InChI is InChI=1S/C19H22BrN5OS/c1-3-15-21-16-17(24(15)2)22-19(23-18(16)25-8-10-26-11-9-25)27-12-13-4-6-14(20)7-5-13/h4-7H,3,8-12H2,1-2H3. The minimum atomic E-state index is 0.723. The van der Waals surface area contributed by atoms with Gasteiger partial charge in [-0.15, -0.1) is 0 Å². The van der Waals surface area contributed by atoms with Crippen molar-refractivity contribution >= 4 is 44.7 Å². The number of morpholine rings is 1. The van der Waals surface area contributed by atoms with Crippen LogP contribution in [-0.4, -0.2) is 45.8 Å². The molecule has 0 saturated carbocycles. The molecule has 27 heavy (non-hydrogen) atoms. The molecule has 0 aliphatic carbocycles. The third-order valence-electron chi connectivity index (χ3n) is 4.68. The van der Waals surface area contributed by atoms with E-state index in [2.05, 4.69) is 56.6 Å². The molecule has 4 rings (SSSR count). The third kappa shape index (κ3) is 3.97. The smallest absolute Gasteiger partial charge is 0.191 e. The third-order valence-corrected chi connectivity index (χ3v) is 6.13. The van der Waals surface area contributed by atoms with Crippen molar-refractivity contribution in [3.05, 3.63) is 40.1 Å². The van der Waals surface area contributed by atoms with E-state index in [1.165, 1.54) is 5.56 Å². The number of anilines is 1. The van der Waals surface area contributed by atoms with Crippen LogP contribution in [0, 0.1) is 0 Å². The Bertz CT molecular complexity index is 937. The van der Waals surface area contributed by atoms with Gasteiger partial charge in [-0.25, -0.2) is 15.0 Å². The van der Waals surface area contributed by atoms with E-state index in [0.717, 1.165) is 70.9 Å². The molecule has 0 N–H and O–H groups in total. The van der Waals surface area contributed by atoms with Crippen molar-refractivity contribution in [1.82, 2.24) is 19.5 Å².